The third-order valence-electron chi connectivity index (χ3n) is 3.81. The highest BCUT2D eigenvalue weighted by molar-refractivity contribution is 5.88. The summed E-state index contributed by atoms with van der Waals surface area (Å²) in [4.78, 5) is 23.0. The zero-order chi connectivity index (χ0) is 18.2. The first-order valence-electron chi connectivity index (χ1n) is 8.36. The number of carbonyl (C=O) groups is 2. The maximum absolute atomic E-state index is 12.0. The number of carbonyl (C=O) groups excluding carboxylic acids is 2. The molecule has 0 saturated carbocycles. The molecule has 0 aliphatic carbocycles. The Morgan fingerprint density at radius 1 is 1.04 bits per heavy atom. The van der Waals surface area contributed by atoms with E-state index in [9.17, 15) is 9.59 Å². The van der Waals surface area contributed by atoms with E-state index in [2.05, 4.69) is 29.7 Å². The van der Waals surface area contributed by atoms with Gasteiger partial charge in [0.2, 0.25) is 5.91 Å². The second-order valence-corrected chi connectivity index (χ2v) is 5.88. The molecule has 0 heterocycles. The minimum atomic E-state index is -0.182. The van der Waals surface area contributed by atoms with Gasteiger partial charge in [0.15, 0.2) is 6.61 Å². The van der Waals surface area contributed by atoms with Crippen molar-refractivity contribution in [3.63, 3.8) is 0 Å². The van der Waals surface area contributed by atoms with Gasteiger partial charge in [-0.3, -0.25) is 9.59 Å². The Labute approximate surface area is 148 Å². The molecule has 0 bridgehead atoms. The molecular formula is C20H24N2O3. The number of nitrogens with one attached hydrogen (secondary N) is 2. The predicted molar refractivity (Wildman–Crippen MR) is 98.6 cm³/mol. The number of benzene rings is 2. The summed E-state index contributed by atoms with van der Waals surface area (Å²) in [5.74, 6) is 0.260. The van der Waals surface area contributed by atoms with Crippen molar-refractivity contribution >= 4 is 17.5 Å². The zero-order valence-corrected chi connectivity index (χ0v) is 14.8. The average Bonchev–Trinajstić information content (AvgIpc) is 2.60. The van der Waals surface area contributed by atoms with Gasteiger partial charge in [0.05, 0.1) is 6.04 Å². The summed E-state index contributed by atoms with van der Waals surface area (Å²) in [6.07, 6.45) is 0.996. The molecule has 0 saturated heterocycles. The molecule has 0 aromatic heterocycles. The van der Waals surface area contributed by atoms with E-state index in [-0.39, 0.29) is 24.5 Å². The van der Waals surface area contributed by atoms with Crippen LogP contribution in [0.2, 0.25) is 0 Å². The first-order chi connectivity index (χ1) is 12.0. The minimum absolute atomic E-state index is 0.0587. The topological polar surface area (TPSA) is 67.4 Å². The maximum atomic E-state index is 12.0. The lowest BCUT2D eigenvalue weighted by Gasteiger charge is -2.15. The molecule has 2 rings (SSSR count). The first-order valence-corrected chi connectivity index (χ1v) is 8.36. The Morgan fingerprint density at radius 2 is 1.68 bits per heavy atom. The summed E-state index contributed by atoms with van der Waals surface area (Å²) < 4.78 is 5.48. The highest BCUT2D eigenvalue weighted by atomic mass is 16.5. The number of aryl methyl sites for hydroxylation is 1. The van der Waals surface area contributed by atoms with Gasteiger partial charge in [-0.1, -0.05) is 31.2 Å². The van der Waals surface area contributed by atoms with Crippen molar-refractivity contribution in [3.05, 3.63) is 59.7 Å². The molecule has 2 N–H and O–H groups in total. The molecule has 0 fully saturated rings. The fourth-order valence-corrected chi connectivity index (χ4v) is 2.40. The first kappa shape index (κ1) is 18.5. The van der Waals surface area contributed by atoms with Gasteiger partial charge in [0.25, 0.3) is 5.91 Å². The number of hydrogen-bond donors (Lipinski definition) is 2. The van der Waals surface area contributed by atoms with Crippen LogP contribution in [-0.2, 0) is 16.0 Å². The van der Waals surface area contributed by atoms with Gasteiger partial charge in [-0.15, -0.1) is 0 Å². The summed E-state index contributed by atoms with van der Waals surface area (Å²) in [7, 11) is 0. The highest BCUT2D eigenvalue weighted by Crippen LogP contribution is 2.16. The van der Waals surface area contributed by atoms with Gasteiger partial charge in [0.1, 0.15) is 5.75 Å². The van der Waals surface area contributed by atoms with Crippen LogP contribution in [0, 0.1) is 0 Å². The van der Waals surface area contributed by atoms with Crippen LogP contribution in [0.25, 0.3) is 0 Å². The Morgan fingerprint density at radius 3 is 2.24 bits per heavy atom. The molecule has 1 atom stereocenters. The lowest BCUT2D eigenvalue weighted by Crippen LogP contribution is -2.31. The zero-order valence-electron chi connectivity index (χ0n) is 14.8. The van der Waals surface area contributed by atoms with Crippen molar-refractivity contribution in [3.8, 4) is 5.75 Å². The normalized spacial score (nSPS) is 11.5. The molecule has 132 valence electrons. The largest absolute Gasteiger partial charge is 0.484 e. The molecular weight excluding hydrogens is 316 g/mol. The summed E-state index contributed by atoms with van der Waals surface area (Å²) >= 11 is 0. The quantitative estimate of drug-likeness (QED) is 0.811. The maximum Gasteiger partial charge on any atom is 0.258 e. The van der Waals surface area contributed by atoms with Gasteiger partial charge in [-0.2, -0.15) is 0 Å². The van der Waals surface area contributed by atoms with Crippen LogP contribution < -0.4 is 15.4 Å². The van der Waals surface area contributed by atoms with Crippen molar-refractivity contribution in [2.24, 2.45) is 0 Å². The van der Waals surface area contributed by atoms with E-state index in [1.807, 2.05) is 19.1 Å². The molecule has 5 nitrogen and oxygen atoms in total. The molecule has 0 aliphatic rings. The van der Waals surface area contributed by atoms with Crippen LogP contribution in [0.3, 0.4) is 0 Å². The molecule has 2 aromatic carbocycles. The van der Waals surface area contributed by atoms with E-state index in [0.29, 0.717) is 11.4 Å². The molecule has 1 unspecified atom stereocenters. The van der Waals surface area contributed by atoms with E-state index < -0.39 is 0 Å². The van der Waals surface area contributed by atoms with Crippen LogP contribution >= 0.6 is 0 Å². The van der Waals surface area contributed by atoms with Crippen molar-refractivity contribution < 1.29 is 14.3 Å². The van der Waals surface area contributed by atoms with Crippen molar-refractivity contribution in [2.75, 3.05) is 11.9 Å². The standard InChI is InChI=1S/C20H24N2O3/c1-4-16-5-7-17(8-6-16)14(2)21-20(24)13-25-19-11-9-18(10-12-19)22-15(3)23/h5-12,14H,4,13H2,1-3H3,(H,21,24)(H,22,23). The molecule has 5 heteroatoms. The lowest BCUT2D eigenvalue weighted by molar-refractivity contribution is -0.123. The Hall–Kier alpha value is -2.82. The Bertz CT molecular complexity index is 709. The summed E-state index contributed by atoms with van der Waals surface area (Å²) in [6, 6.07) is 15.0. The van der Waals surface area contributed by atoms with E-state index in [4.69, 9.17) is 4.74 Å². The number of ether oxygens (including phenoxy) is 1. The second kappa shape index (κ2) is 8.87. The van der Waals surface area contributed by atoms with E-state index >= 15 is 0 Å². The summed E-state index contributed by atoms with van der Waals surface area (Å²) in [5, 5.41) is 5.60. The molecule has 25 heavy (non-hydrogen) atoms. The average molecular weight is 340 g/mol. The number of anilines is 1. The lowest BCUT2D eigenvalue weighted by atomic mass is 10.1. The van der Waals surface area contributed by atoms with E-state index in [0.717, 1.165) is 12.0 Å². The van der Waals surface area contributed by atoms with Crippen molar-refractivity contribution in [1.29, 1.82) is 0 Å². The van der Waals surface area contributed by atoms with E-state index in [1.54, 1.807) is 24.3 Å². The van der Waals surface area contributed by atoms with Crippen molar-refractivity contribution in [1.82, 2.24) is 5.32 Å². The third-order valence-corrected chi connectivity index (χ3v) is 3.81. The van der Waals surface area contributed by atoms with Crippen LogP contribution in [0.1, 0.15) is 37.9 Å². The molecule has 2 amide bonds. The third kappa shape index (κ3) is 5.95. The van der Waals surface area contributed by atoms with Gasteiger partial charge in [0, 0.05) is 12.6 Å². The van der Waals surface area contributed by atoms with Crippen LogP contribution in [0.15, 0.2) is 48.5 Å². The number of hydrogen-bond acceptors (Lipinski definition) is 3. The van der Waals surface area contributed by atoms with Gasteiger partial charge in [-0.05, 0) is 48.7 Å². The molecule has 2 aromatic rings. The molecule has 0 spiro atoms. The fourth-order valence-electron chi connectivity index (χ4n) is 2.40. The van der Waals surface area contributed by atoms with Gasteiger partial charge >= 0.3 is 0 Å². The smallest absolute Gasteiger partial charge is 0.258 e. The van der Waals surface area contributed by atoms with Crippen LogP contribution in [0.4, 0.5) is 5.69 Å². The fraction of sp³-hybridized carbons (Fsp3) is 0.300. The SMILES string of the molecule is CCc1ccc(C(C)NC(=O)COc2ccc(NC(C)=O)cc2)cc1. The predicted octanol–water partition coefficient (Wildman–Crippen LogP) is 3.46. The van der Waals surface area contributed by atoms with Crippen LogP contribution in [-0.4, -0.2) is 18.4 Å². The van der Waals surface area contributed by atoms with Gasteiger partial charge < -0.3 is 15.4 Å². The van der Waals surface area contributed by atoms with Crippen LogP contribution in [0.5, 0.6) is 5.75 Å². The number of rotatable bonds is 7. The van der Waals surface area contributed by atoms with Gasteiger partial charge in [-0.25, -0.2) is 0 Å². The molecule has 0 aliphatic heterocycles. The molecule has 0 radical (unpaired) electrons. The minimum Gasteiger partial charge on any atom is -0.484 e. The van der Waals surface area contributed by atoms with Crippen molar-refractivity contribution in [2.45, 2.75) is 33.2 Å². The Balaban J connectivity index is 1.82. The summed E-state index contributed by atoms with van der Waals surface area (Å²) in [5.41, 5.74) is 3.02. The number of amides is 2. The summed E-state index contributed by atoms with van der Waals surface area (Å²) in [6.45, 7) is 5.45. The van der Waals surface area contributed by atoms with E-state index in [1.165, 1.54) is 12.5 Å². The second-order valence-electron chi connectivity index (χ2n) is 5.88. The Kier molecular flexibility index (Phi) is 6.57. The highest BCUT2D eigenvalue weighted by Gasteiger charge is 2.10. The monoisotopic (exact) mass is 340 g/mol.